The number of ether oxygens (including phenoxy) is 3. The summed E-state index contributed by atoms with van der Waals surface area (Å²) in [6, 6.07) is 33.0. The van der Waals surface area contributed by atoms with Gasteiger partial charge in [0.1, 0.15) is 11.5 Å². The number of para-hydroxylation sites is 1. The van der Waals surface area contributed by atoms with E-state index >= 15 is 0 Å². The number of hydrogen-bond donors (Lipinski definition) is 0. The SMILES string of the molecule is CCCC(=C1C(=O)OC2(Oc3ccc4ccccc4c3-c3c(ccc4ccccc34)O2)C1=C(C)C)c1c(C)n(C)c2ccccc12. The number of hydrogen-bond acceptors (Lipinski definition) is 4. The maximum absolute atomic E-state index is 14.4. The van der Waals surface area contributed by atoms with Crippen molar-refractivity contribution in [3.05, 3.63) is 125 Å². The lowest BCUT2D eigenvalue weighted by Crippen LogP contribution is -2.43. The van der Waals surface area contributed by atoms with Gasteiger partial charge >= 0.3 is 11.9 Å². The van der Waals surface area contributed by atoms with Gasteiger partial charge in [-0.25, -0.2) is 4.79 Å². The van der Waals surface area contributed by atoms with Crippen LogP contribution in [0, 0.1) is 6.92 Å². The van der Waals surface area contributed by atoms with Gasteiger partial charge < -0.3 is 18.8 Å². The lowest BCUT2D eigenvalue weighted by atomic mass is 9.88. The van der Waals surface area contributed by atoms with Crippen LogP contribution >= 0.6 is 0 Å². The van der Waals surface area contributed by atoms with E-state index in [4.69, 9.17) is 14.2 Å². The van der Waals surface area contributed by atoms with Crippen molar-refractivity contribution in [3.63, 3.8) is 0 Å². The van der Waals surface area contributed by atoms with Crippen LogP contribution in [0.4, 0.5) is 0 Å². The predicted octanol–water partition coefficient (Wildman–Crippen LogP) is 10.0. The zero-order valence-corrected chi connectivity index (χ0v) is 26.7. The first kappa shape index (κ1) is 28.2. The minimum absolute atomic E-state index is 0.446. The van der Waals surface area contributed by atoms with Crippen molar-refractivity contribution < 1.29 is 19.0 Å². The van der Waals surface area contributed by atoms with E-state index < -0.39 is 11.9 Å². The van der Waals surface area contributed by atoms with Gasteiger partial charge in [-0.2, -0.15) is 0 Å². The zero-order valence-electron chi connectivity index (χ0n) is 26.7. The highest BCUT2D eigenvalue weighted by Gasteiger charge is 2.57. The van der Waals surface area contributed by atoms with E-state index in [-0.39, 0.29) is 0 Å². The predicted molar refractivity (Wildman–Crippen MR) is 185 cm³/mol. The molecule has 228 valence electrons. The summed E-state index contributed by atoms with van der Waals surface area (Å²) in [6.07, 6.45) is 1.54. The fraction of sp³-hybridized carbons (Fsp3) is 0.195. The Morgan fingerprint density at radius 2 is 1.26 bits per heavy atom. The second-order valence-corrected chi connectivity index (χ2v) is 12.5. The maximum Gasteiger partial charge on any atom is 0.450 e. The molecule has 1 aromatic heterocycles. The molecule has 0 saturated carbocycles. The van der Waals surface area contributed by atoms with Crippen molar-refractivity contribution in [2.75, 3.05) is 0 Å². The number of carbonyl (C=O) groups is 1. The minimum atomic E-state index is -1.81. The van der Waals surface area contributed by atoms with E-state index in [0.717, 1.165) is 72.4 Å². The number of allylic oxidation sites excluding steroid dienone is 2. The highest BCUT2D eigenvalue weighted by atomic mass is 16.9. The minimum Gasteiger partial charge on any atom is -0.416 e. The molecule has 0 unspecified atom stereocenters. The summed E-state index contributed by atoms with van der Waals surface area (Å²) in [5.41, 5.74) is 8.09. The van der Waals surface area contributed by atoms with Crippen LogP contribution in [0.25, 0.3) is 49.1 Å². The Balaban J connectivity index is 1.44. The van der Waals surface area contributed by atoms with Crippen molar-refractivity contribution in [1.29, 1.82) is 0 Å². The molecular weight excluding hydrogens is 570 g/mol. The number of esters is 1. The van der Waals surface area contributed by atoms with Crippen LogP contribution in [-0.4, -0.2) is 16.5 Å². The molecule has 1 spiro atoms. The van der Waals surface area contributed by atoms with Crippen molar-refractivity contribution >= 4 is 44.0 Å². The number of rotatable bonds is 3. The molecule has 5 aromatic carbocycles. The quantitative estimate of drug-likeness (QED) is 0.149. The molecule has 3 heterocycles. The molecule has 0 atom stereocenters. The number of carbonyl (C=O) groups excluding carboxylic acids is 1. The van der Waals surface area contributed by atoms with Crippen LogP contribution in [0.1, 0.15) is 44.9 Å². The van der Waals surface area contributed by atoms with Gasteiger partial charge in [0.05, 0.1) is 11.1 Å². The number of fused-ring (bicyclic) bond motifs is 8. The summed E-state index contributed by atoms with van der Waals surface area (Å²) in [4.78, 5) is 14.4. The summed E-state index contributed by atoms with van der Waals surface area (Å²) in [5.74, 6) is -1.06. The Bertz CT molecular complexity index is 2230. The Labute approximate surface area is 268 Å². The third-order valence-electron chi connectivity index (χ3n) is 9.51. The van der Waals surface area contributed by atoms with E-state index in [2.05, 4.69) is 80.1 Å². The number of nitrogens with zero attached hydrogens (tertiary/aromatic N) is 1. The van der Waals surface area contributed by atoms with E-state index in [0.29, 0.717) is 29.1 Å². The molecule has 1 saturated heterocycles. The highest BCUT2D eigenvalue weighted by molar-refractivity contribution is 6.12. The largest absolute Gasteiger partial charge is 0.450 e. The van der Waals surface area contributed by atoms with E-state index in [1.54, 1.807) is 0 Å². The van der Waals surface area contributed by atoms with E-state index in [1.807, 2.05) is 56.3 Å². The van der Waals surface area contributed by atoms with Gasteiger partial charge in [0.2, 0.25) is 0 Å². The molecule has 0 radical (unpaired) electrons. The lowest BCUT2D eigenvalue weighted by molar-refractivity contribution is -0.244. The standard InChI is InChI=1S/C41H35NO4/c1-6-13-31(35-25(4)42(5)32-19-12-11-18-30(32)35)38-39(24(2)3)41(46-40(38)43)44-33-22-20-26-14-7-9-16-28(26)36(33)37-29-17-10-8-15-27(29)21-23-34(37)45-41/h7-12,14-23H,6,13H2,1-5H3. The first-order chi connectivity index (χ1) is 22.3. The molecular formula is C41H35NO4. The number of benzene rings is 5. The average molecular weight is 606 g/mol. The van der Waals surface area contributed by atoms with Gasteiger partial charge in [-0.15, -0.1) is 0 Å². The van der Waals surface area contributed by atoms with Crippen LogP contribution in [-0.2, 0) is 16.6 Å². The first-order valence-electron chi connectivity index (χ1n) is 15.9. The van der Waals surface area contributed by atoms with Gasteiger partial charge in [0, 0.05) is 40.3 Å². The number of aromatic nitrogens is 1. The van der Waals surface area contributed by atoms with Crippen LogP contribution < -0.4 is 9.47 Å². The van der Waals surface area contributed by atoms with E-state index in [1.165, 1.54) is 0 Å². The van der Waals surface area contributed by atoms with Gasteiger partial charge in [0.15, 0.2) is 0 Å². The van der Waals surface area contributed by atoms with Gasteiger partial charge in [-0.1, -0.05) is 97.8 Å². The second kappa shape index (κ2) is 10.4. The summed E-state index contributed by atoms with van der Waals surface area (Å²) in [5, 5.41) is 5.35. The summed E-state index contributed by atoms with van der Waals surface area (Å²) < 4.78 is 22.5. The topological polar surface area (TPSA) is 49.7 Å². The molecule has 0 bridgehead atoms. The molecule has 2 aliphatic rings. The van der Waals surface area contributed by atoms with Crippen molar-refractivity contribution in [3.8, 4) is 22.6 Å². The van der Waals surface area contributed by atoms with Crippen LogP contribution in [0.3, 0.4) is 0 Å². The normalized spacial score (nSPS) is 16.2. The Morgan fingerprint density at radius 1 is 0.717 bits per heavy atom. The maximum atomic E-state index is 14.4. The monoisotopic (exact) mass is 605 g/mol. The Morgan fingerprint density at radius 3 is 1.83 bits per heavy atom. The molecule has 5 heteroatoms. The Hall–Kier alpha value is -5.29. The third-order valence-corrected chi connectivity index (χ3v) is 9.51. The van der Waals surface area contributed by atoms with Crippen LogP contribution in [0.5, 0.6) is 11.5 Å². The average Bonchev–Trinajstić information content (AvgIpc) is 3.42. The fourth-order valence-electron chi connectivity index (χ4n) is 7.48. The molecule has 2 aliphatic heterocycles. The van der Waals surface area contributed by atoms with Crippen LogP contribution in [0.2, 0.25) is 0 Å². The van der Waals surface area contributed by atoms with Gasteiger partial charge in [-0.05, 0) is 72.5 Å². The van der Waals surface area contributed by atoms with Crippen molar-refractivity contribution in [2.24, 2.45) is 7.05 Å². The lowest BCUT2D eigenvalue weighted by Gasteiger charge is -2.29. The smallest absolute Gasteiger partial charge is 0.416 e. The van der Waals surface area contributed by atoms with Crippen molar-refractivity contribution in [1.82, 2.24) is 4.57 Å². The summed E-state index contributed by atoms with van der Waals surface area (Å²) >= 11 is 0. The molecule has 0 aliphatic carbocycles. The second-order valence-electron chi connectivity index (χ2n) is 12.5. The summed E-state index contributed by atoms with van der Waals surface area (Å²) in [7, 11) is 2.08. The first-order valence-corrected chi connectivity index (χ1v) is 15.9. The van der Waals surface area contributed by atoms with E-state index in [9.17, 15) is 4.79 Å². The summed E-state index contributed by atoms with van der Waals surface area (Å²) in [6.45, 7) is 8.25. The highest BCUT2D eigenvalue weighted by Crippen LogP contribution is 2.54. The molecule has 1 fully saturated rings. The molecule has 46 heavy (non-hydrogen) atoms. The molecule has 5 nitrogen and oxygen atoms in total. The van der Waals surface area contributed by atoms with Gasteiger partial charge in [0.25, 0.3) is 0 Å². The van der Waals surface area contributed by atoms with Crippen molar-refractivity contribution in [2.45, 2.75) is 46.5 Å². The molecule has 6 aromatic rings. The Kier molecular flexibility index (Phi) is 6.36. The molecule has 0 N–H and O–H groups in total. The van der Waals surface area contributed by atoms with Gasteiger partial charge in [-0.3, -0.25) is 0 Å². The molecule has 0 amide bonds. The fourth-order valence-corrected chi connectivity index (χ4v) is 7.48. The van der Waals surface area contributed by atoms with Crippen LogP contribution in [0.15, 0.2) is 114 Å². The number of aryl methyl sites for hydroxylation is 1. The third kappa shape index (κ3) is 3.97. The zero-order chi connectivity index (χ0) is 31.7. The molecule has 8 rings (SSSR count).